The van der Waals surface area contributed by atoms with Crippen molar-refractivity contribution in [1.82, 2.24) is 9.97 Å². The van der Waals surface area contributed by atoms with Crippen molar-refractivity contribution in [3.63, 3.8) is 0 Å². The Morgan fingerprint density at radius 1 is 1.13 bits per heavy atom. The van der Waals surface area contributed by atoms with Crippen LogP contribution in [0, 0.1) is 0 Å². The molecular formula is C18H16N2O3. The van der Waals surface area contributed by atoms with E-state index in [2.05, 4.69) is 23.8 Å². The average molecular weight is 308 g/mol. The molecule has 0 aliphatic heterocycles. The molecule has 0 aliphatic rings. The van der Waals surface area contributed by atoms with E-state index in [1.54, 1.807) is 0 Å². The van der Waals surface area contributed by atoms with E-state index < -0.39 is 5.97 Å². The van der Waals surface area contributed by atoms with Crippen LogP contribution in [-0.2, 0) is 0 Å². The molecule has 2 aromatic carbocycles. The highest BCUT2D eigenvalue weighted by Gasteiger charge is 2.10. The van der Waals surface area contributed by atoms with Gasteiger partial charge in [0.2, 0.25) is 0 Å². The molecule has 3 rings (SSSR count). The van der Waals surface area contributed by atoms with Crippen LogP contribution in [0.2, 0.25) is 0 Å². The van der Waals surface area contributed by atoms with E-state index >= 15 is 0 Å². The van der Waals surface area contributed by atoms with E-state index in [1.165, 1.54) is 23.8 Å². The number of aromatic carboxylic acids is 1. The number of benzene rings is 2. The molecule has 0 atom stereocenters. The quantitative estimate of drug-likeness (QED) is 0.776. The number of H-pyrrole nitrogens is 1. The monoisotopic (exact) mass is 308 g/mol. The van der Waals surface area contributed by atoms with Crippen molar-refractivity contribution >= 4 is 16.9 Å². The number of nitrogens with one attached hydrogen (secondary N) is 1. The van der Waals surface area contributed by atoms with Gasteiger partial charge in [0.05, 0.1) is 16.5 Å². The molecule has 5 nitrogen and oxygen atoms in total. The number of carboxylic acids is 1. The molecule has 0 bridgehead atoms. The summed E-state index contributed by atoms with van der Waals surface area (Å²) in [5.74, 6) is -0.192. The van der Waals surface area contributed by atoms with E-state index in [0.29, 0.717) is 22.6 Å². The van der Waals surface area contributed by atoms with E-state index in [4.69, 9.17) is 5.11 Å². The molecule has 0 aliphatic carbocycles. The van der Waals surface area contributed by atoms with Gasteiger partial charge < -0.3 is 10.1 Å². The third-order valence-corrected chi connectivity index (χ3v) is 3.80. The number of fused-ring (bicyclic) bond motifs is 1. The van der Waals surface area contributed by atoms with Gasteiger partial charge in [-0.15, -0.1) is 0 Å². The summed E-state index contributed by atoms with van der Waals surface area (Å²) in [6, 6.07) is 12.1. The van der Waals surface area contributed by atoms with Crippen molar-refractivity contribution in [2.75, 3.05) is 0 Å². The normalized spacial score (nSPS) is 11.1. The molecule has 0 fully saturated rings. The van der Waals surface area contributed by atoms with Gasteiger partial charge in [0.1, 0.15) is 5.82 Å². The maximum absolute atomic E-state index is 12.2. The Bertz CT molecular complexity index is 941. The SMILES string of the molecule is CC(C)c1ccc(-c2nc3cc(C(=O)O)ccc3c(=O)[nH]2)cc1. The predicted molar refractivity (Wildman–Crippen MR) is 88.8 cm³/mol. The van der Waals surface area contributed by atoms with Gasteiger partial charge in [0, 0.05) is 5.56 Å². The number of carboxylic acid groups (broad SMARTS) is 1. The third kappa shape index (κ3) is 2.85. The van der Waals surface area contributed by atoms with Gasteiger partial charge >= 0.3 is 5.97 Å². The van der Waals surface area contributed by atoms with Gasteiger partial charge in [0.15, 0.2) is 0 Å². The molecular weight excluding hydrogens is 292 g/mol. The van der Waals surface area contributed by atoms with Crippen molar-refractivity contribution in [2.45, 2.75) is 19.8 Å². The lowest BCUT2D eigenvalue weighted by atomic mass is 10.0. The first-order chi connectivity index (χ1) is 11.0. The summed E-state index contributed by atoms with van der Waals surface area (Å²) in [5, 5.41) is 9.44. The summed E-state index contributed by atoms with van der Waals surface area (Å²) in [4.78, 5) is 30.4. The number of hydrogen-bond donors (Lipinski definition) is 2. The fourth-order valence-electron chi connectivity index (χ4n) is 2.44. The van der Waals surface area contributed by atoms with Crippen LogP contribution in [0.3, 0.4) is 0 Å². The summed E-state index contributed by atoms with van der Waals surface area (Å²) in [6.45, 7) is 4.22. The van der Waals surface area contributed by atoms with Crippen molar-refractivity contribution in [2.24, 2.45) is 0 Å². The van der Waals surface area contributed by atoms with Crippen molar-refractivity contribution < 1.29 is 9.90 Å². The molecule has 116 valence electrons. The highest BCUT2D eigenvalue weighted by molar-refractivity contribution is 5.93. The largest absolute Gasteiger partial charge is 0.478 e. The Hall–Kier alpha value is -2.95. The summed E-state index contributed by atoms with van der Waals surface area (Å²) < 4.78 is 0. The summed E-state index contributed by atoms with van der Waals surface area (Å²) in [7, 11) is 0. The Labute approximate surface area is 132 Å². The lowest BCUT2D eigenvalue weighted by Gasteiger charge is -2.07. The van der Waals surface area contributed by atoms with Gasteiger partial charge in [-0.2, -0.15) is 0 Å². The van der Waals surface area contributed by atoms with Gasteiger partial charge in [-0.05, 0) is 29.7 Å². The standard InChI is InChI=1S/C18H16N2O3/c1-10(2)11-3-5-12(6-4-11)16-19-15-9-13(18(22)23)7-8-14(15)17(21)20-16/h3-10H,1-2H3,(H,22,23)(H,19,20,21). The summed E-state index contributed by atoms with van der Waals surface area (Å²) in [6.07, 6.45) is 0. The smallest absolute Gasteiger partial charge is 0.335 e. The number of nitrogens with zero attached hydrogens (tertiary/aromatic N) is 1. The van der Waals surface area contributed by atoms with Gasteiger partial charge in [0.25, 0.3) is 5.56 Å². The molecule has 2 N–H and O–H groups in total. The van der Waals surface area contributed by atoms with Crippen LogP contribution < -0.4 is 5.56 Å². The van der Waals surface area contributed by atoms with Crippen molar-refractivity contribution in [3.8, 4) is 11.4 Å². The van der Waals surface area contributed by atoms with Gasteiger partial charge in [-0.25, -0.2) is 9.78 Å². The maximum atomic E-state index is 12.2. The van der Waals surface area contributed by atoms with Crippen LogP contribution in [0.4, 0.5) is 0 Å². The highest BCUT2D eigenvalue weighted by Crippen LogP contribution is 2.21. The van der Waals surface area contributed by atoms with E-state index in [9.17, 15) is 9.59 Å². The highest BCUT2D eigenvalue weighted by atomic mass is 16.4. The Morgan fingerprint density at radius 2 is 1.83 bits per heavy atom. The Morgan fingerprint density at radius 3 is 2.43 bits per heavy atom. The van der Waals surface area contributed by atoms with Crippen LogP contribution in [-0.4, -0.2) is 21.0 Å². The van der Waals surface area contributed by atoms with Crippen LogP contribution in [0.15, 0.2) is 47.3 Å². The first-order valence-electron chi connectivity index (χ1n) is 7.33. The van der Waals surface area contributed by atoms with Gasteiger partial charge in [-0.1, -0.05) is 38.1 Å². The van der Waals surface area contributed by atoms with Crippen molar-refractivity contribution in [3.05, 3.63) is 63.9 Å². The Kier molecular flexibility index (Phi) is 3.70. The number of carbonyl (C=O) groups is 1. The summed E-state index contributed by atoms with van der Waals surface area (Å²) >= 11 is 0. The number of hydrogen-bond acceptors (Lipinski definition) is 3. The van der Waals surface area contributed by atoms with Crippen LogP contribution in [0.1, 0.15) is 35.7 Å². The summed E-state index contributed by atoms with van der Waals surface area (Å²) in [5.41, 5.74) is 2.18. The first kappa shape index (κ1) is 15.0. The van der Waals surface area contributed by atoms with Gasteiger partial charge in [-0.3, -0.25) is 4.79 Å². The minimum Gasteiger partial charge on any atom is -0.478 e. The zero-order valence-corrected chi connectivity index (χ0v) is 12.8. The molecule has 1 heterocycles. The Balaban J connectivity index is 2.14. The second-order valence-corrected chi connectivity index (χ2v) is 5.73. The topological polar surface area (TPSA) is 83.0 Å². The molecule has 23 heavy (non-hydrogen) atoms. The third-order valence-electron chi connectivity index (χ3n) is 3.80. The lowest BCUT2D eigenvalue weighted by Crippen LogP contribution is -2.10. The second kappa shape index (κ2) is 5.68. The zero-order valence-electron chi connectivity index (χ0n) is 12.8. The van der Waals surface area contributed by atoms with Crippen LogP contribution >= 0.6 is 0 Å². The molecule has 0 saturated heterocycles. The van der Waals surface area contributed by atoms with Crippen LogP contribution in [0.25, 0.3) is 22.3 Å². The maximum Gasteiger partial charge on any atom is 0.335 e. The molecule has 0 unspecified atom stereocenters. The zero-order chi connectivity index (χ0) is 16.6. The second-order valence-electron chi connectivity index (χ2n) is 5.73. The molecule has 0 amide bonds. The van der Waals surface area contributed by atoms with E-state index in [0.717, 1.165) is 5.56 Å². The molecule has 1 aromatic heterocycles. The first-order valence-corrected chi connectivity index (χ1v) is 7.33. The minimum atomic E-state index is -1.04. The van der Waals surface area contributed by atoms with Crippen molar-refractivity contribution in [1.29, 1.82) is 0 Å². The molecule has 0 spiro atoms. The molecule has 5 heteroatoms. The van der Waals surface area contributed by atoms with E-state index in [-0.39, 0.29) is 11.1 Å². The number of aromatic amines is 1. The molecule has 0 saturated carbocycles. The molecule has 0 radical (unpaired) electrons. The fourth-order valence-corrected chi connectivity index (χ4v) is 2.44. The number of rotatable bonds is 3. The van der Waals surface area contributed by atoms with E-state index in [1.807, 2.05) is 24.3 Å². The minimum absolute atomic E-state index is 0.108. The predicted octanol–water partition coefficient (Wildman–Crippen LogP) is 3.41. The molecule has 3 aromatic rings. The fraction of sp³-hybridized carbons (Fsp3) is 0.167. The number of aromatic nitrogens is 2. The van der Waals surface area contributed by atoms with Crippen LogP contribution in [0.5, 0.6) is 0 Å². The lowest BCUT2D eigenvalue weighted by molar-refractivity contribution is 0.0697. The average Bonchev–Trinajstić information content (AvgIpc) is 2.54.